The summed E-state index contributed by atoms with van der Waals surface area (Å²) in [6, 6.07) is 9.27. The molecule has 31 heavy (non-hydrogen) atoms. The fourth-order valence-electron chi connectivity index (χ4n) is 5.02. The summed E-state index contributed by atoms with van der Waals surface area (Å²) < 4.78 is 29.9. The van der Waals surface area contributed by atoms with E-state index < -0.39 is 5.82 Å². The Hall–Kier alpha value is -2.80. The number of Topliss-reactive ketones (excluding diaryl/α,β-unsaturated/α-hetero) is 1. The number of rotatable bonds is 7. The van der Waals surface area contributed by atoms with Crippen molar-refractivity contribution >= 4 is 23.3 Å². The van der Waals surface area contributed by atoms with E-state index >= 15 is 0 Å². The summed E-state index contributed by atoms with van der Waals surface area (Å²) in [6.45, 7) is 0.860. The topological polar surface area (TPSA) is 73.9 Å². The highest BCUT2D eigenvalue weighted by atomic mass is 35.5. The molecule has 2 bridgehead atoms. The zero-order chi connectivity index (χ0) is 21.6. The molecule has 0 aromatic heterocycles. The summed E-state index contributed by atoms with van der Waals surface area (Å²) in [5, 5.41) is 3.13. The van der Waals surface area contributed by atoms with Crippen molar-refractivity contribution in [3.63, 3.8) is 0 Å². The van der Waals surface area contributed by atoms with Crippen LogP contribution in [0, 0.1) is 11.2 Å². The number of nitrogens with one attached hydrogen (secondary N) is 1. The number of ketones is 1. The first-order chi connectivity index (χ1) is 14.9. The Labute approximate surface area is 183 Å². The number of fused-ring (bicyclic) bond motifs is 1. The molecule has 0 atom stereocenters. The van der Waals surface area contributed by atoms with E-state index in [1.165, 1.54) is 18.2 Å². The van der Waals surface area contributed by atoms with Crippen LogP contribution in [0.5, 0.6) is 17.2 Å². The van der Waals surface area contributed by atoms with Crippen LogP contribution >= 0.6 is 11.6 Å². The van der Waals surface area contributed by atoms with Gasteiger partial charge in [0.15, 0.2) is 17.3 Å². The second-order valence-electron chi connectivity index (χ2n) is 8.70. The van der Waals surface area contributed by atoms with E-state index in [4.69, 9.17) is 25.8 Å². The summed E-state index contributed by atoms with van der Waals surface area (Å²) in [4.78, 5) is 25.0. The minimum atomic E-state index is -0.582. The smallest absolute Gasteiger partial charge is 0.251 e. The van der Waals surface area contributed by atoms with Gasteiger partial charge in [-0.2, -0.15) is 0 Å². The number of halogens is 2. The van der Waals surface area contributed by atoms with Crippen LogP contribution in [0.25, 0.3) is 0 Å². The quantitative estimate of drug-likeness (QED) is 0.698. The standard InChI is InChI=1S/C23H21ClFNO5/c24-17-3-2-16(8-18(17)25)31-10-15(27)9-22-11-23(12-22,13-22)26-21(28)14-1-4-19-20(7-14)30-6-5-29-19/h1-4,7-8H,5-6,9-13H2,(H,26,28). The van der Waals surface area contributed by atoms with Gasteiger partial charge in [0.25, 0.3) is 5.91 Å². The lowest BCUT2D eigenvalue weighted by atomic mass is 9.38. The number of carbonyl (C=O) groups is 2. The molecule has 1 amide bonds. The maximum absolute atomic E-state index is 13.5. The largest absolute Gasteiger partial charge is 0.486 e. The van der Waals surface area contributed by atoms with E-state index in [2.05, 4.69) is 5.32 Å². The van der Waals surface area contributed by atoms with Gasteiger partial charge in [0.2, 0.25) is 0 Å². The number of hydrogen-bond acceptors (Lipinski definition) is 5. The highest BCUT2D eigenvalue weighted by Gasteiger charge is 2.68. The van der Waals surface area contributed by atoms with Crippen LogP contribution < -0.4 is 19.5 Å². The van der Waals surface area contributed by atoms with E-state index in [-0.39, 0.29) is 40.0 Å². The van der Waals surface area contributed by atoms with Gasteiger partial charge in [0.1, 0.15) is 31.4 Å². The van der Waals surface area contributed by atoms with Gasteiger partial charge in [-0.3, -0.25) is 9.59 Å². The van der Waals surface area contributed by atoms with Gasteiger partial charge in [0.05, 0.1) is 5.02 Å². The Bertz CT molecular complexity index is 1050. The lowest BCUT2D eigenvalue weighted by Gasteiger charge is -2.70. The van der Waals surface area contributed by atoms with Gasteiger partial charge in [-0.1, -0.05) is 11.6 Å². The molecule has 3 aliphatic carbocycles. The predicted molar refractivity (Wildman–Crippen MR) is 110 cm³/mol. The molecule has 1 aliphatic heterocycles. The molecular formula is C23H21ClFNO5. The van der Waals surface area contributed by atoms with Crippen molar-refractivity contribution in [3.05, 3.63) is 52.8 Å². The van der Waals surface area contributed by atoms with E-state index in [1.54, 1.807) is 18.2 Å². The van der Waals surface area contributed by atoms with Crippen LogP contribution in [0.15, 0.2) is 36.4 Å². The van der Waals surface area contributed by atoms with E-state index in [9.17, 15) is 14.0 Å². The van der Waals surface area contributed by atoms with Crippen molar-refractivity contribution in [1.29, 1.82) is 0 Å². The van der Waals surface area contributed by atoms with Crippen LogP contribution in [-0.2, 0) is 4.79 Å². The monoisotopic (exact) mass is 445 g/mol. The Morgan fingerprint density at radius 2 is 1.81 bits per heavy atom. The minimum absolute atomic E-state index is 0.0103. The molecule has 3 fully saturated rings. The van der Waals surface area contributed by atoms with Crippen LogP contribution in [0.2, 0.25) is 5.02 Å². The fourth-order valence-corrected chi connectivity index (χ4v) is 5.13. The molecule has 1 N–H and O–H groups in total. The summed E-state index contributed by atoms with van der Waals surface area (Å²) in [7, 11) is 0. The highest BCUT2D eigenvalue weighted by molar-refractivity contribution is 6.30. The second-order valence-corrected chi connectivity index (χ2v) is 9.11. The van der Waals surface area contributed by atoms with Crippen molar-refractivity contribution in [2.75, 3.05) is 19.8 Å². The minimum Gasteiger partial charge on any atom is -0.486 e. The maximum atomic E-state index is 13.5. The van der Waals surface area contributed by atoms with Crippen molar-refractivity contribution < 1.29 is 28.2 Å². The van der Waals surface area contributed by atoms with Gasteiger partial charge in [0, 0.05) is 23.6 Å². The Balaban J connectivity index is 1.10. The third kappa shape index (κ3) is 3.82. The normalized spacial score (nSPS) is 25.1. The Morgan fingerprint density at radius 1 is 1.06 bits per heavy atom. The average molecular weight is 446 g/mol. The van der Waals surface area contributed by atoms with Gasteiger partial charge in [-0.15, -0.1) is 0 Å². The van der Waals surface area contributed by atoms with Gasteiger partial charge in [-0.05, 0) is 55.0 Å². The first kappa shape index (κ1) is 20.1. The number of ether oxygens (including phenoxy) is 3. The number of benzene rings is 2. The lowest BCUT2D eigenvalue weighted by Crippen LogP contribution is -2.75. The molecule has 6 rings (SSSR count). The summed E-state index contributed by atoms with van der Waals surface area (Å²) in [5.74, 6) is 0.734. The molecule has 162 valence electrons. The van der Waals surface area contributed by atoms with Crippen molar-refractivity contribution in [2.24, 2.45) is 5.41 Å². The lowest BCUT2D eigenvalue weighted by molar-refractivity contribution is -0.162. The molecule has 8 heteroatoms. The van der Waals surface area contributed by atoms with Gasteiger partial charge in [-0.25, -0.2) is 4.39 Å². The molecule has 4 aliphatic rings. The first-order valence-electron chi connectivity index (χ1n) is 10.2. The van der Waals surface area contributed by atoms with Crippen molar-refractivity contribution in [3.8, 4) is 17.2 Å². The fraction of sp³-hybridized carbons (Fsp3) is 0.391. The zero-order valence-electron chi connectivity index (χ0n) is 16.7. The van der Waals surface area contributed by atoms with Crippen LogP contribution in [0.4, 0.5) is 4.39 Å². The van der Waals surface area contributed by atoms with E-state index in [1.807, 2.05) is 0 Å². The molecule has 3 saturated carbocycles. The van der Waals surface area contributed by atoms with Crippen LogP contribution in [-0.4, -0.2) is 37.0 Å². The van der Waals surface area contributed by atoms with E-state index in [0.717, 1.165) is 19.3 Å². The maximum Gasteiger partial charge on any atom is 0.251 e. The molecule has 2 aromatic rings. The van der Waals surface area contributed by atoms with Gasteiger partial charge >= 0.3 is 0 Å². The predicted octanol–water partition coefficient (Wildman–Crippen LogP) is 3.94. The Kier molecular flexibility index (Phi) is 4.81. The summed E-state index contributed by atoms with van der Waals surface area (Å²) in [6.07, 6.45) is 2.72. The first-order valence-corrected chi connectivity index (χ1v) is 10.6. The van der Waals surface area contributed by atoms with Crippen LogP contribution in [0.3, 0.4) is 0 Å². The molecule has 6 nitrogen and oxygen atoms in total. The van der Waals surface area contributed by atoms with Gasteiger partial charge < -0.3 is 19.5 Å². The second kappa shape index (κ2) is 7.41. The number of hydrogen-bond donors (Lipinski definition) is 1. The number of amides is 1. The molecule has 1 heterocycles. The van der Waals surface area contributed by atoms with Crippen LogP contribution in [0.1, 0.15) is 36.0 Å². The zero-order valence-corrected chi connectivity index (χ0v) is 17.5. The molecular weight excluding hydrogens is 425 g/mol. The van der Waals surface area contributed by atoms with Crippen molar-refractivity contribution in [2.45, 2.75) is 31.2 Å². The third-order valence-electron chi connectivity index (χ3n) is 6.19. The van der Waals surface area contributed by atoms with Crippen molar-refractivity contribution in [1.82, 2.24) is 5.32 Å². The van der Waals surface area contributed by atoms with E-state index in [0.29, 0.717) is 36.7 Å². The summed E-state index contributed by atoms with van der Waals surface area (Å²) >= 11 is 5.64. The molecule has 0 unspecified atom stereocenters. The SMILES string of the molecule is O=C(COc1ccc(Cl)c(F)c1)CC12CC(NC(=O)c3ccc4c(c3)OCCO4)(C1)C2. The Morgan fingerprint density at radius 3 is 2.55 bits per heavy atom. The molecule has 0 saturated heterocycles. The average Bonchev–Trinajstić information content (AvgIpc) is 2.71. The number of carbonyl (C=O) groups excluding carboxylic acids is 2. The summed E-state index contributed by atoms with van der Waals surface area (Å²) in [5.41, 5.74) is 0.235. The molecule has 0 radical (unpaired) electrons. The molecule has 0 spiro atoms. The third-order valence-corrected chi connectivity index (χ3v) is 6.49. The molecule has 2 aromatic carbocycles. The highest BCUT2D eigenvalue weighted by Crippen LogP contribution is 2.69.